The summed E-state index contributed by atoms with van der Waals surface area (Å²) in [4.78, 5) is 12.1. The van der Waals surface area contributed by atoms with Gasteiger partial charge in [0.05, 0.1) is 0 Å². The van der Waals surface area contributed by atoms with Crippen LogP contribution in [0.2, 0.25) is 0 Å². The van der Waals surface area contributed by atoms with Crippen molar-refractivity contribution in [2.24, 2.45) is 11.0 Å². The van der Waals surface area contributed by atoms with E-state index in [4.69, 9.17) is 0 Å². The Kier molecular flexibility index (Phi) is 7.90. The van der Waals surface area contributed by atoms with Gasteiger partial charge in [-0.15, -0.1) is 0 Å². The molecule has 0 aromatic heterocycles. The van der Waals surface area contributed by atoms with Crippen molar-refractivity contribution in [1.82, 2.24) is 5.43 Å². The van der Waals surface area contributed by atoms with Gasteiger partial charge in [-0.3, -0.25) is 4.79 Å². The van der Waals surface area contributed by atoms with Crippen molar-refractivity contribution >= 4 is 12.1 Å². The lowest BCUT2D eigenvalue weighted by molar-refractivity contribution is 0.0955. The Hall–Kier alpha value is -1.90. The molecule has 0 aliphatic heterocycles. The standard InChI is InChI=1S/C21H32N2O/c1-16(2)8-7-9-17(3)14-15-22-23-20(24)18-10-12-19(13-11-18)21(4,5)6/h8,10-13,15,17H,7,9,14H2,1-6H3,(H,23,24). The van der Waals surface area contributed by atoms with E-state index in [1.807, 2.05) is 24.3 Å². The number of benzene rings is 1. The van der Waals surface area contributed by atoms with E-state index in [0.717, 1.165) is 19.3 Å². The lowest BCUT2D eigenvalue weighted by Gasteiger charge is -2.18. The predicted molar refractivity (Wildman–Crippen MR) is 104 cm³/mol. The smallest absolute Gasteiger partial charge is 0.267 e. The first kappa shape index (κ1) is 20.1. The van der Waals surface area contributed by atoms with Crippen LogP contribution in [0.1, 0.15) is 76.7 Å². The summed E-state index contributed by atoms with van der Waals surface area (Å²) in [5.41, 5.74) is 5.91. The van der Waals surface area contributed by atoms with Crippen molar-refractivity contribution in [3.8, 4) is 0 Å². The van der Waals surface area contributed by atoms with E-state index < -0.39 is 0 Å². The van der Waals surface area contributed by atoms with E-state index in [9.17, 15) is 4.79 Å². The lowest BCUT2D eigenvalue weighted by Crippen LogP contribution is -2.18. The molecule has 1 amide bonds. The van der Waals surface area contributed by atoms with Crippen molar-refractivity contribution in [3.63, 3.8) is 0 Å². The highest BCUT2D eigenvalue weighted by Crippen LogP contribution is 2.22. The third-order valence-electron chi connectivity index (χ3n) is 3.99. The molecule has 0 radical (unpaired) electrons. The third kappa shape index (κ3) is 7.58. The van der Waals surface area contributed by atoms with Crippen LogP contribution in [0.3, 0.4) is 0 Å². The summed E-state index contributed by atoms with van der Waals surface area (Å²) in [7, 11) is 0. The van der Waals surface area contributed by atoms with Crippen LogP contribution in [0.5, 0.6) is 0 Å². The minimum atomic E-state index is -0.163. The van der Waals surface area contributed by atoms with Crippen molar-refractivity contribution < 1.29 is 4.79 Å². The Morgan fingerprint density at radius 3 is 2.38 bits per heavy atom. The highest BCUT2D eigenvalue weighted by Gasteiger charge is 2.14. The van der Waals surface area contributed by atoms with E-state index in [1.165, 1.54) is 11.1 Å². The molecule has 3 heteroatoms. The molecule has 0 heterocycles. The van der Waals surface area contributed by atoms with Gasteiger partial charge in [-0.25, -0.2) is 5.43 Å². The van der Waals surface area contributed by atoms with E-state index >= 15 is 0 Å². The van der Waals surface area contributed by atoms with Gasteiger partial charge >= 0.3 is 0 Å². The second kappa shape index (κ2) is 9.41. The number of hydrogen-bond donors (Lipinski definition) is 1. The molecule has 0 fully saturated rings. The fraction of sp³-hybridized carbons (Fsp3) is 0.524. The fourth-order valence-corrected chi connectivity index (χ4v) is 2.30. The topological polar surface area (TPSA) is 41.5 Å². The molecule has 0 spiro atoms. The quantitative estimate of drug-likeness (QED) is 0.402. The van der Waals surface area contributed by atoms with Crippen LogP contribution in [0, 0.1) is 5.92 Å². The molecule has 3 nitrogen and oxygen atoms in total. The molecule has 1 N–H and O–H groups in total. The van der Waals surface area contributed by atoms with Gasteiger partial charge in [0, 0.05) is 11.8 Å². The number of amides is 1. The maximum atomic E-state index is 12.1. The zero-order valence-corrected chi connectivity index (χ0v) is 16.0. The maximum Gasteiger partial charge on any atom is 0.271 e. The average Bonchev–Trinajstić information content (AvgIpc) is 2.50. The Morgan fingerprint density at radius 2 is 1.83 bits per heavy atom. The molecule has 1 unspecified atom stereocenters. The summed E-state index contributed by atoms with van der Waals surface area (Å²) >= 11 is 0. The van der Waals surface area contributed by atoms with Crippen LogP contribution in [-0.2, 0) is 5.41 Å². The van der Waals surface area contributed by atoms with Gasteiger partial charge in [-0.05, 0) is 62.1 Å². The van der Waals surface area contributed by atoms with E-state index in [2.05, 4.69) is 58.1 Å². The molecule has 0 bridgehead atoms. The monoisotopic (exact) mass is 328 g/mol. The molecular formula is C21H32N2O. The molecule has 1 atom stereocenters. The summed E-state index contributed by atoms with van der Waals surface area (Å²) in [6.45, 7) is 12.9. The first-order valence-corrected chi connectivity index (χ1v) is 8.76. The fourth-order valence-electron chi connectivity index (χ4n) is 2.30. The van der Waals surface area contributed by atoms with Crippen LogP contribution in [0.15, 0.2) is 41.0 Å². The second-order valence-electron chi connectivity index (χ2n) is 7.78. The van der Waals surface area contributed by atoms with Crippen molar-refractivity contribution in [1.29, 1.82) is 0 Å². The van der Waals surface area contributed by atoms with Crippen molar-refractivity contribution in [3.05, 3.63) is 47.0 Å². The van der Waals surface area contributed by atoms with Crippen LogP contribution >= 0.6 is 0 Å². The van der Waals surface area contributed by atoms with E-state index in [0.29, 0.717) is 11.5 Å². The van der Waals surface area contributed by atoms with Gasteiger partial charge in [0.2, 0.25) is 0 Å². The van der Waals surface area contributed by atoms with Crippen LogP contribution < -0.4 is 5.43 Å². The molecule has 0 aliphatic rings. The largest absolute Gasteiger partial charge is 0.271 e. The van der Waals surface area contributed by atoms with Gasteiger partial charge < -0.3 is 0 Å². The minimum absolute atomic E-state index is 0.0921. The number of nitrogens with one attached hydrogen (secondary N) is 1. The SMILES string of the molecule is CC(C)=CCCC(C)CC=NNC(=O)c1ccc(C(C)(C)C)cc1. The van der Waals surface area contributed by atoms with Crippen LogP contribution in [0.25, 0.3) is 0 Å². The second-order valence-corrected chi connectivity index (χ2v) is 7.78. The number of carbonyl (C=O) groups is 1. The summed E-state index contributed by atoms with van der Waals surface area (Å²) in [5, 5.41) is 4.06. The lowest BCUT2D eigenvalue weighted by atomic mass is 9.87. The summed E-state index contributed by atoms with van der Waals surface area (Å²) in [6, 6.07) is 7.72. The maximum absolute atomic E-state index is 12.1. The number of rotatable bonds is 7. The third-order valence-corrected chi connectivity index (χ3v) is 3.99. The van der Waals surface area contributed by atoms with Crippen LogP contribution in [-0.4, -0.2) is 12.1 Å². The highest BCUT2D eigenvalue weighted by molar-refractivity contribution is 5.94. The zero-order chi connectivity index (χ0) is 18.2. The molecule has 1 aromatic carbocycles. The van der Waals surface area contributed by atoms with Gasteiger partial charge in [0.15, 0.2) is 0 Å². The van der Waals surface area contributed by atoms with Crippen molar-refractivity contribution in [2.45, 2.75) is 66.2 Å². The molecule has 1 rings (SSSR count). The molecule has 24 heavy (non-hydrogen) atoms. The Balaban J connectivity index is 2.41. The van der Waals surface area contributed by atoms with Crippen LogP contribution in [0.4, 0.5) is 0 Å². The molecule has 1 aromatic rings. The minimum Gasteiger partial charge on any atom is -0.267 e. The Morgan fingerprint density at radius 1 is 1.21 bits per heavy atom. The van der Waals surface area contributed by atoms with E-state index in [1.54, 1.807) is 6.21 Å². The van der Waals surface area contributed by atoms with Crippen molar-refractivity contribution in [2.75, 3.05) is 0 Å². The van der Waals surface area contributed by atoms with E-state index in [-0.39, 0.29) is 11.3 Å². The molecule has 0 saturated carbocycles. The summed E-state index contributed by atoms with van der Waals surface area (Å²) < 4.78 is 0. The summed E-state index contributed by atoms with van der Waals surface area (Å²) in [5.74, 6) is 0.399. The molecule has 132 valence electrons. The highest BCUT2D eigenvalue weighted by atomic mass is 16.2. The Labute approximate surface area is 147 Å². The summed E-state index contributed by atoms with van der Waals surface area (Å²) in [6.07, 6.45) is 7.17. The molecule has 0 saturated heterocycles. The zero-order valence-electron chi connectivity index (χ0n) is 16.0. The van der Waals surface area contributed by atoms with Gasteiger partial charge in [-0.2, -0.15) is 5.10 Å². The normalized spacial score (nSPS) is 12.9. The number of hydrazone groups is 1. The Bertz CT molecular complexity index is 573. The number of hydrogen-bond acceptors (Lipinski definition) is 2. The molecular weight excluding hydrogens is 296 g/mol. The number of allylic oxidation sites excluding steroid dienone is 2. The number of carbonyl (C=O) groups excluding carboxylic acids is 1. The van der Waals surface area contributed by atoms with Gasteiger partial charge in [0.25, 0.3) is 5.91 Å². The number of nitrogens with zero attached hydrogens (tertiary/aromatic N) is 1. The first-order chi connectivity index (χ1) is 11.2. The molecule has 0 aliphatic carbocycles. The predicted octanol–water partition coefficient (Wildman–Crippen LogP) is 5.47. The first-order valence-electron chi connectivity index (χ1n) is 8.76. The van der Waals surface area contributed by atoms with Gasteiger partial charge in [-0.1, -0.05) is 51.5 Å². The van der Waals surface area contributed by atoms with Gasteiger partial charge in [0.1, 0.15) is 0 Å². The average molecular weight is 329 g/mol.